The zero-order chi connectivity index (χ0) is 45.2. The summed E-state index contributed by atoms with van der Waals surface area (Å²) in [6.07, 6.45) is 16.2. The molecule has 334 valence electrons. The second kappa shape index (κ2) is 21.6. The van der Waals surface area contributed by atoms with Gasteiger partial charge in [0.15, 0.2) is 0 Å². The number of hydrogen-bond acceptors (Lipinski definition) is 3. The number of benzene rings is 7. The molecule has 8 rings (SSSR count). The highest BCUT2D eigenvalue weighted by Crippen LogP contribution is 2.54. The molecule has 1 aliphatic rings. The van der Waals surface area contributed by atoms with E-state index < -0.39 is 7.14 Å². The monoisotopic (exact) mass is 877 g/mol. The highest BCUT2D eigenvalue weighted by molar-refractivity contribution is 7.80. The van der Waals surface area contributed by atoms with Crippen molar-refractivity contribution in [2.24, 2.45) is 0 Å². The van der Waals surface area contributed by atoms with Crippen LogP contribution in [-0.2, 0) is 17.4 Å². The standard InChI is InChI=1S/C61H69N2OP/c1-6-9-12-13-14-15-16-43-65(64)60-44-47(5)21-41-58(60)59-42-28-51(45-61(59)65)50-26-35-55(36-27-50)63(54-33-24-49(25-34-54)18-11-8-3)57-39-37-56(38-40-57)62(52-29-19-46(4)20-30-52)53-31-22-48(23-32-53)17-10-7-2/h19-42,44-45H,6-18,43H2,1-5H3. The summed E-state index contributed by atoms with van der Waals surface area (Å²) in [4.78, 5) is 4.73. The van der Waals surface area contributed by atoms with E-state index in [1.165, 1.54) is 80.0 Å². The average molecular weight is 877 g/mol. The maximum atomic E-state index is 15.3. The van der Waals surface area contributed by atoms with Gasteiger partial charge in [0.2, 0.25) is 0 Å². The minimum atomic E-state index is -2.77. The van der Waals surface area contributed by atoms with E-state index in [0.29, 0.717) is 0 Å². The Kier molecular flexibility index (Phi) is 15.2. The number of hydrogen-bond donors (Lipinski definition) is 0. The maximum absolute atomic E-state index is 15.3. The molecule has 1 heterocycles. The topological polar surface area (TPSA) is 23.6 Å². The smallest absolute Gasteiger partial charge is 0.144 e. The van der Waals surface area contributed by atoms with Gasteiger partial charge in [-0.05, 0) is 164 Å². The minimum Gasteiger partial charge on any atom is -0.314 e. The van der Waals surface area contributed by atoms with Crippen molar-refractivity contribution in [2.45, 2.75) is 118 Å². The van der Waals surface area contributed by atoms with Gasteiger partial charge >= 0.3 is 0 Å². The number of fused-ring (bicyclic) bond motifs is 3. The Morgan fingerprint density at radius 1 is 0.369 bits per heavy atom. The predicted molar refractivity (Wildman–Crippen MR) is 283 cm³/mol. The van der Waals surface area contributed by atoms with Crippen LogP contribution < -0.4 is 20.4 Å². The molecular formula is C61H69N2OP. The fraction of sp³-hybridized carbons (Fsp3) is 0.311. The lowest BCUT2D eigenvalue weighted by Gasteiger charge is -2.28. The van der Waals surface area contributed by atoms with Crippen molar-refractivity contribution < 1.29 is 4.57 Å². The number of aryl methyl sites for hydroxylation is 4. The van der Waals surface area contributed by atoms with Crippen molar-refractivity contribution in [3.8, 4) is 22.3 Å². The summed E-state index contributed by atoms with van der Waals surface area (Å²) in [6, 6.07) is 58.3. The van der Waals surface area contributed by atoms with Crippen molar-refractivity contribution in [1.29, 1.82) is 0 Å². The molecule has 1 unspecified atom stereocenters. The summed E-state index contributed by atoms with van der Waals surface area (Å²) >= 11 is 0. The largest absolute Gasteiger partial charge is 0.314 e. The van der Waals surface area contributed by atoms with Gasteiger partial charge in [-0.15, -0.1) is 0 Å². The summed E-state index contributed by atoms with van der Waals surface area (Å²) < 4.78 is 15.3. The lowest BCUT2D eigenvalue weighted by molar-refractivity contribution is 0.577. The number of unbranched alkanes of at least 4 members (excludes halogenated alkanes) is 8. The molecule has 1 aliphatic heterocycles. The Labute approximate surface area is 391 Å². The minimum absolute atomic E-state index is 0.742. The third-order valence-electron chi connectivity index (χ3n) is 13.4. The molecule has 3 nitrogen and oxygen atoms in total. The number of anilines is 6. The predicted octanol–water partition coefficient (Wildman–Crippen LogP) is 17.6. The molecule has 0 radical (unpaired) electrons. The van der Waals surface area contributed by atoms with Gasteiger partial charge in [-0.25, -0.2) is 0 Å². The molecule has 1 atom stereocenters. The maximum Gasteiger partial charge on any atom is 0.144 e. The van der Waals surface area contributed by atoms with E-state index in [1.807, 2.05) is 0 Å². The van der Waals surface area contributed by atoms with E-state index in [2.05, 4.69) is 202 Å². The fourth-order valence-electron chi connectivity index (χ4n) is 9.60. The molecule has 7 aromatic rings. The first-order valence-corrected chi connectivity index (χ1v) is 26.6. The molecule has 0 N–H and O–H groups in total. The van der Waals surface area contributed by atoms with E-state index in [0.717, 1.165) is 98.8 Å². The number of rotatable bonds is 21. The summed E-state index contributed by atoms with van der Waals surface area (Å²) in [6.45, 7) is 11.0. The zero-order valence-corrected chi connectivity index (χ0v) is 40.6. The van der Waals surface area contributed by atoms with Crippen molar-refractivity contribution in [2.75, 3.05) is 16.0 Å². The van der Waals surface area contributed by atoms with Crippen LogP contribution in [0.1, 0.15) is 114 Å². The molecular weight excluding hydrogens is 808 g/mol. The first kappa shape index (κ1) is 45.9. The van der Waals surface area contributed by atoms with Gasteiger partial charge in [0, 0.05) is 50.9 Å². The second-order valence-electron chi connectivity index (χ2n) is 18.4. The Morgan fingerprint density at radius 3 is 1.23 bits per heavy atom. The van der Waals surface area contributed by atoms with Gasteiger partial charge < -0.3 is 14.4 Å². The van der Waals surface area contributed by atoms with Crippen molar-refractivity contribution in [3.63, 3.8) is 0 Å². The third-order valence-corrected chi connectivity index (χ3v) is 16.7. The van der Waals surface area contributed by atoms with Crippen molar-refractivity contribution >= 4 is 51.9 Å². The number of nitrogens with zero attached hydrogens (tertiary/aromatic N) is 2. The van der Waals surface area contributed by atoms with E-state index in [9.17, 15) is 0 Å². The summed E-state index contributed by atoms with van der Waals surface area (Å²) in [5.41, 5.74) is 16.4. The van der Waals surface area contributed by atoms with Gasteiger partial charge in [0.25, 0.3) is 0 Å². The van der Waals surface area contributed by atoms with Crippen molar-refractivity contribution in [3.05, 3.63) is 180 Å². The summed E-state index contributed by atoms with van der Waals surface area (Å²) in [5, 5.41) is 2.11. The molecule has 0 aromatic heterocycles. The first-order chi connectivity index (χ1) is 31.8. The zero-order valence-electron chi connectivity index (χ0n) is 39.7. The van der Waals surface area contributed by atoms with Gasteiger partial charge in [-0.1, -0.05) is 156 Å². The van der Waals surface area contributed by atoms with Crippen molar-refractivity contribution in [1.82, 2.24) is 0 Å². The molecule has 7 aromatic carbocycles. The molecule has 0 spiro atoms. The molecule has 0 saturated heterocycles. The van der Waals surface area contributed by atoms with Gasteiger partial charge in [0.05, 0.1) is 0 Å². The van der Waals surface area contributed by atoms with Gasteiger partial charge in [-0.2, -0.15) is 0 Å². The highest BCUT2D eigenvalue weighted by Gasteiger charge is 2.38. The fourth-order valence-corrected chi connectivity index (χ4v) is 12.9. The van der Waals surface area contributed by atoms with E-state index in [4.69, 9.17) is 0 Å². The summed E-state index contributed by atoms with van der Waals surface area (Å²) in [7, 11) is -2.77. The molecule has 0 fully saturated rings. The van der Waals surface area contributed by atoms with Crippen LogP contribution in [0.25, 0.3) is 22.3 Å². The summed E-state index contributed by atoms with van der Waals surface area (Å²) in [5.74, 6) is 0. The lowest BCUT2D eigenvalue weighted by Crippen LogP contribution is -2.14. The highest BCUT2D eigenvalue weighted by atomic mass is 31.2. The Hall–Kier alpha value is -5.63. The van der Waals surface area contributed by atoms with E-state index in [-0.39, 0.29) is 0 Å². The van der Waals surface area contributed by atoms with Gasteiger partial charge in [-0.3, -0.25) is 0 Å². The van der Waals surface area contributed by atoms with Crippen LogP contribution in [0.4, 0.5) is 34.1 Å². The van der Waals surface area contributed by atoms with Crippen LogP contribution >= 0.6 is 7.14 Å². The van der Waals surface area contributed by atoms with E-state index >= 15 is 4.57 Å². The second-order valence-corrected chi connectivity index (χ2v) is 21.3. The Balaban J connectivity index is 1.11. The van der Waals surface area contributed by atoms with Gasteiger partial charge in [0.1, 0.15) is 7.14 Å². The van der Waals surface area contributed by atoms with Crippen LogP contribution in [0.5, 0.6) is 0 Å². The Bertz CT molecular complexity index is 2660. The molecule has 0 bridgehead atoms. The average Bonchev–Trinajstić information content (AvgIpc) is 3.58. The third kappa shape index (κ3) is 10.6. The van der Waals surface area contributed by atoms with Crippen LogP contribution in [0.3, 0.4) is 0 Å². The Morgan fingerprint density at radius 2 is 0.738 bits per heavy atom. The van der Waals surface area contributed by atoms with Crippen LogP contribution in [-0.4, -0.2) is 6.16 Å². The molecule has 65 heavy (non-hydrogen) atoms. The normalized spacial score (nSPS) is 14.0. The molecule has 4 heteroatoms. The quantitative estimate of drug-likeness (QED) is 0.0531. The lowest BCUT2D eigenvalue weighted by atomic mass is 9.99. The van der Waals surface area contributed by atoms with Crippen LogP contribution in [0.2, 0.25) is 0 Å². The molecule has 0 saturated carbocycles. The van der Waals surface area contributed by atoms with Crippen LogP contribution in [0.15, 0.2) is 158 Å². The van der Waals surface area contributed by atoms with Crippen LogP contribution in [0, 0.1) is 13.8 Å². The molecule has 0 aliphatic carbocycles. The molecule has 0 amide bonds. The van der Waals surface area contributed by atoms with E-state index in [1.54, 1.807) is 0 Å². The first-order valence-electron chi connectivity index (χ1n) is 24.7. The SMILES string of the molecule is CCCCCCCCCP1(=O)c2cc(C)ccc2-c2ccc(-c3ccc(N(c4ccc(CCCC)cc4)c4ccc(N(c5ccc(C)cc5)c5ccc(CCCC)cc5)cc4)cc3)cc21.